The van der Waals surface area contributed by atoms with Gasteiger partial charge >= 0.3 is 50.6 Å². The molecule has 728 valence electrons. The van der Waals surface area contributed by atoms with E-state index in [1.165, 1.54) is 43.3 Å². The average Bonchev–Trinajstić information content (AvgIpc) is 1.77. The predicted octanol–water partition coefficient (Wildman–Crippen LogP) is 25.3. The Bertz CT molecular complexity index is 6760. The fourth-order valence-electron chi connectivity index (χ4n) is 12.8. The molecular weight excluding hydrogens is 1960 g/mol. The number of hydrogen-bond acceptors (Lipinski definition) is 28. The van der Waals surface area contributed by atoms with Crippen molar-refractivity contribution in [1.82, 2.24) is 0 Å². The Morgan fingerprint density at radius 1 is 0.338 bits per heavy atom. The summed E-state index contributed by atoms with van der Waals surface area (Å²) in [7, 11) is -19.7. The number of halogens is 1. The molecule has 0 saturated heterocycles. The molecule has 12 aromatic carbocycles. The summed E-state index contributed by atoms with van der Waals surface area (Å²) in [5, 5.41) is 18.9. The number of carbonyl (C=O) groups excluding carboxylic acids is 4. The number of nitrogens with zero attached hydrogens (tertiary/aromatic N) is 5. The highest BCUT2D eigenvalue weighted by Gasteiger charge is 2.26. The van der Waals surface area contributed by atoms with Crippen LogP contribution in [-0.2, 0) is 84.9 Å². The van der Waals surface area contributed by atoms with E-state index in [9.17, 15) is 61.3 Å². The van der Waals surface area contributed by atoms with Crippen molar-refractivity contribution in [3.63, 3.8) is 0 Å². The van der Waals surface area contributed by atoms with Crippen LogP contribution in [-0.4, -0.2) is 112 Å². The molecule has 0 heterocycles. The largest absolute Gasteiger partial charge is 0.358 e. The third kappa shape index (κ3) is 38.7. The lowest BCUT2D eigenvalue weighted by atomic mass is 10.0. The molecule has 13 rings (SSSR count). The van der Waals surface area contributed by atoms with Crippen LogP contribution in [0.3, 0.4) is 0 Å². The predicted molar refractivity (Wildman–Crippen MR) is 555 cm³/mol. The Kier molecular flexibility index (Phi) is 45.4. The van der Waals surface area contributed by atoms with E-state index in [1.54, 1.807) is 162 Å². The van der Waals surface area contributed by atoms with E-state index in [1.807, 2.05) is 183 Å². The minimum Gasteiger partial charge on any atom is -0.287 e. The standard InChI is InChI=1S/C27H29NO4S2.C26H27NO4S2.C21H25NO4S2.C16H15NO4S2.C15H12ClNO3S/c1-3-4-5-9-12-26(28-32-34(30,31)25-19-13-21(2)14-20-25)27(29)22-15-17-24(18-16-22)33-23-10-7-6-8-11-23;1-2-3-4-11-20-33(29,30)31-27-25(21-12-7-5-8-13-21)26(28)22-16-18-24(19-17-22)32-23-14-9-6-10-15-23;1-3-4-5-9-12-20(22-26-28(2,24)25)21(23)17-13-15-19(16-14-17)27-18-10-7-6-8-11-18;1-12(16(18)13-8-10-14(22-2)11-9-13)17-21-23(19,20)15-6-4-3-5-7-15;16-13-6-3-7-15(10-13)21(18,19)20-17-14-8-11-4-1-2-5-12(11)9-14/h6-8,10-11,13-20H,3-5,9,12H2,1-2H3;5-10,12-19H,2-4,11,20H2,1H3;6-8,10-11,13-16H,3-5,9,12H2,1-2H3;3-11H,1-2H3;1-7,10H,8-9H2/b28-26+;27-25+;22-20+;17-12+;. The molecule has 0 aromatic heterocycles. The number of aryl methyl sites for hydroxylation is 1. The highest BCUT2D eigenvalue weighted by atomic mass is 35.5. The maximum Gasteiger partial charge on any atom is 0.358 e. The van der Waals surface area contributed by atoms with E-state index in [4.69, 9.17) is 24.5 Å². The Balaban J connectivity index is 0.000000196. The Labute approximate surface area is 838 Å². The summed E-state index contributed by atoms with van der Waals surface area (Å²) in [6, 6.07) is 94.9. The number of fused-ring (bicyclic) bond motifs is 1. The third-order valence-electron chi connectivity index (χ3n) is 20.2. The summed E-state index contributed by atoms with van der Waals surface area (Å²) < 4.78 is 144. The van der Waals surface area contributed by atoms with Gasteiger partial charge in [-0.3, -0.25) is 40.6 Å². The van der Waals surface area contributed by atoms with Crippen molar-refractivity contribution in [2.24, 2.45) is 25.8 Å². The highest BCUT2D eigenvalue weighted by molar-refractivity contribution is 8.00. The molecule has 0 radical (unpaired) electrons. The Morgan fingerprint density at radius 2 is 0.698 bits per heavy atom. The molecule has 0 atom stereocenters. The van der Waals surface area contributed by atoms with Crippen LogP contribution in [0.5, 0.6) is 0 Å². The molecule has 0 aliphatic heterocycles. The van der Waals surface area contributed by atoms with Crippen LogP contribution in [0.1, 0.15) is 181 Å². The molecule has 0 spiro atoms. The fourth-order valence-corrected chi connectivity index (χ4v) is 19.3. The number of thioether (sulfide) groups is 1. The van der Waals surface area contributed by atoms with E-state index in [2.05, 4.69) is 55.1 Å². The van der Waals surface area contributed by atoms with Crippen molar-refractivity contribution < 1.29 is 82.7 Å². The van der Waals surface area contributed by atoms with Crippen molar-refractivity contribution in [2.75, 3.05) is 18.3 Å². The summed E-state index contributed by atoms with van der Waals surface area (Å²) in [6.07, 6.45) is 15.7. The van der Waals surface area contributed by atoms with Gasteiger partial charge in [0.25, 0.3) is 0 Å². The first-order valence-electron chi connectivity index (χ1n) is 44.5. The summed E-state index contributed by atoms with van der Waals surface area (Å²) in [4.78, 5) is 58.7. The number of benzene rings is 12. The van der Waals surface area contributed by atoms with Crippen molar-refractivity contribution in [1.29, 1.82) is 0 Å². The monoisotopic (exact) mass is 2070 g/mol. The van der Waals surface area contributed by atoms with Gasteiger partial charge < -0.3 is 0 Å². The van der Waals surface area contributed by atoms with Crippen LogP contribution >= 0.6 is 58.6 Å². The van der Waals surface area contributed by atoms with Crippen LogP contribution in [0.2, 0.25) is 5.02 Å². The lowest BCUT2D eigenvalue weighted by Gasteiger charge is -2.08. The molecule has 24 nitrogen and oxygen atoms in total. The van der Waals surface area contributed by atoms with Gasteiger partial charge in [-0.2, -0.15) is 42.1 Å². The second kappa shape index (κ2) is 57.0. The second-order valence-electron chi connectivity index (χ2n) is 31.2. The molecule has 1 aliphatic carbocycles. The number of carbonyl (C=O) groups is 4. The first-order chi connectivity index (χ1) is 66.7. The molecule has 0 N–H and O–H groups in total. The molecule has 0 fully saturated rings. The molecule has 34 heteroatoms. The molecule has 0 unspecified atom stereocenters. The molecule has 0 saturated carbocycles. The summed E-state index contributed by atoms with van der Waals surface area (Å²) in [6.45, 7) is 9.53. The quantitative estimate of drug-likeness (QED) is 0.0112. The topological polar surface area (TPSA) is 347 Å². The lowest BCUT2D eigenvalue weighted by Crippen LogP contribution is -2.18. The number of ketones is 4. The van der Waals surface area contributed by atoms with Gasteiger partial charge in [0.2, 0.25) is 23.1 Å². The van der Waals surface area contributed by atoms with Crippen LogP contribution in [0.25, 0.3) is 0 Å². The zero-order chi connectivity index (χ0) is 100. The van der Waals surface area contributed by atoms with E-state index in [-0.39, 0.29) is 60.6 Å². The fraction of sp³-hybridized carbons (Fsp3) is 0.229. The number of Topliss-reactive ketones (excluding diaryl/α,β-unsaturated/α-hetero) is 4. The van der Waals surface area contributed by atoms with Crippen LogP contribution in [0.15, 0.2) is 396 Å². The molecule has 0 amide bonds. The molecule has 12 aromatic rings. The number of oxime groups is 5. The highest BCUT2D eigenvalue weighted by Crippen LogP contribution is 2.33. The van der Waals surface area contributed by atoms with Gasteiger partial charge in [-0.15, -0.1) is 11.8 Å². The summed E-state index contributed by atoms with van der Waals surface area (Å²) >= 11 is 12.1. The van der Waals surface area contributed by atoms with Crippen molar-refractivity contribution >= 4 is 161 Å². The van der Waals surface area contributed by atoms with Gasteiger partial charge in [0, 0.05) is 79.9 Å². The SMILES string of the molecule is CCCCCC/C(=N\OS(=O)(=O)c1ccc(C)cc1)C(=O)c1ccc(Sc2ccccc2)cc1.CCCCCC/C(=N\OS(C)(=O)=O)C(=O)c1ccc(Sc2ccccc2)cc1.CCCCCCS(=O)(=O)O/N=C(/C(=O)c1ccc(Sc2ccccc2)cc1)c1ccccc1.CSc1ccc(C(=O)/C(C)=N/OS(=O)(=O)c2ccccc2)cc1.O=S(=O)(ON=C1Cc2ccccc2C1)c1cccc(Cl)c1. The lowest BCUT2D eigenvalue weighted by molar-refractivity contribution is 0.105. The van der Waals surface area contributed by atoms with Gasteiger partial charge in [0.05, 0.1) is 17.7 Å². The minimum atomic E-state index is -4.11. The van der Waals surface area contributed by atoms with Crippen LogP contribution in [0.4, 0.5) is 0 Å². The number of rotatable bonds is 44. The zero-order valence-electron chi connectivity index (χ0n) is 77.7. The van der Waals surface area contributed by atoms with Gasteiger partial charge in [-0.1, -0.05) is 302 Å². The molecule has 0 bridgehead atoms. The van der Waals surface area contributed by atoms with E-state index in [0.717, 1.165) is 128 Å². The number of unbranched alkanes of at least 4 members (excludes halogenated alkanes) is 9. The van der Waals surface area contributed by atoms with Gasteiger partial charge in [-0.05, 0) is 239 Å². The smallest absolute Gasteiger partial charge is 0.287 e. The first kappa shape index (κ1) is 111. The molecule has 139 heavy (non-hydrogen) atoms. The van der Waals surface area contributed by atoms with Crippen LogP contribution in [0, 0.1) is 6.92 Å². The second-order valence-corrected chi connectivity index (χ2v) is 43.7. The van der Waals surface area contributed by atoms with Crippen molar-refractivity contribution in [2.45, 2.75) is 186 Å². The summed E-state index contributed by atoms with van der Waals surface area (Å²) in [5.41, 5.74) is 6.31. The maximum absolute atomic E-state index is 13.2. The van der Waals surface area contributed by atoms with Gasteiger partial charge in [-0.25, -0.2) is 0 Å². The Morgan fingerprint density at radius 3 is 1.12 bits per heavy atom. The van der Waals surface area contributed by atoms with E-state index in [0.29, 0.717) is 70.7 Å². The normalized spacial score (nSPS) is 12.2. The third-order valence-corrected chi connectivity index (χ3v) is 29.0. The zero-order valence-corrected chi connectivity index (χ0v) is 85.8. The minimum absolute atomic E-state index is 0.00178. The Hall–Kier alpha value is -11.9. The van der Waals surface area contributed by atoms with E-state index >= 15 is 0 Å². The van der Waals surface area contributed by atoms with Gasteiger partial charge in [0.15, 0.2) is 5.71 Å². The van der Waals surface area contributed by atoms with Crippen LogP contribution < -0.4 is 0 Å². The molecular formula is C105H108ClN5O19S9. The van der Waals surface area contributed by atoms with Gasteiger partial charge in [0.1, 0.15) is 31.8 Å². The molecule has 1 aliphatic rings. The van der Waals surface area contributed by atoms with E-state index < -0.39 is 56.4 Å². The number of hydrogen-bond donors (Lipinski definition) is 0. The summed E-state index contributed by atoms with van der Waals surface area (Å²) in [5.74, 6) is -1.55. The average molecular weight is 2070 g/mol. The first-order valence-corrected chi connectivity index (χ1v) is 56.2. The van der Waals surface area contributed by atoms with Crippen molar-refractivity contribution in [3.05, 3.63) is 371 Å². The van der Waals surface area contributed by atoms with Crippen molar-refractivity contribution in [3.8, 4) is 0 Å². The maximum atomic E-state index is 13.2.